The van der Waals surface area contributed by atoms with Crippen molar-refractivity contribution in [2.45, 2.75) is 82.2 Å². The average molecular weight is 336 g/mol. The summed E-state index contributed by atoms with van der Waals surface area (Å²) in [5, 5.41) is 0.745. The van der Waals surface area contributed by atoms with Gasteiger partial charge in [-0.15, -0.1) is 6.04 Å². The molecule has 2 heterocycles. The SMILES string of the molecule is C[C@@H]([NH-])c1cc(C2CC2)cc2c(=O)n3c(nc12)C1(CCCCC1)CC3. The molecule has 1 N–H and O–H groups in total. The van der Waals surface area contributed by atoms with Crippen molar-refractivity contribution < 1.29 is 0 Å². The summed E-state index contributed by atoms with van der Waals surface area (Å²) in [5.41, 5.74) is 11.5. The highest BCUT2D eigenvalue weighted by molar-refractivity contribution is 5.83. The van der Waals surface area contributed by atoms with Crippen molar-refractivity contribution in [1.29, 1.82) is 0 Å². The molecule has 2 saturated carbocycles. The summed E-state index contributed by atoms with van der Waals surface area (Å²) in [7, 11) is 0. The van der Waals surface area contributed by atoms with Crippen LogP contribution in [0.5, 0.6) is 0 Å². The van der Waals surface area contributed by atoms with Crippen LogP contribution in [0.1, 0.15) is 87.2 Å². The minimum Gasteiger partial charge on any atom is -0.671 e. The Morgan fingerprint density at radius 2 is 1.96 bits per heavy atom. The molecule has 1 spiro atoms. The zero-order valence-electron chi connectivity index (χ0n) is 15.0. The highest BCUT2D eigenvalue weighted by Gasteiger charge is 2.42. The Morgan fingerprint density at radius 1 is 1.20 bits per heavy atom. The predicted octanol–water partition coefficient (Wildman–Crippen LogP) is 4.99. The van der Waals surface area contributed by atoms with E-state index in [0.29, 0.717) is 5.92 Å². The second kappa shape index (κ2) is 5.41. The fourth-order valence-electron chi connectivity index (χ4n) is 5.11. The molecule has 1 atom stereocenters. The van der Waals surface area contributed by atoms with E-state index in [-0.39, 0.29) is 17.0 Å². The van der Waals surface area contributed by atoms with Crippen LogP contribution in [0.15, 0.2) is 16.9 Å². The van der Waals surface area contributed by atoms with Gasteiger partial charge in [0.05, 0.1) is 10.9 Å². The summed E-state index contributed by atoms with van der Waals surface area (Å²) in [5.74, 6) is 1.61. The van der Waals surface area contributed by atoms with E-state index < -0.39 is 0 Å². The average Bonchev–Trinajstić information content (AvgIpc) is 3.41. The fraction of sp³-hybridized carbons (Fsp3) is 0.619. The van der Waals surface area contributed by atoms with Crippen LogP contribution >= 0.6 is 0 Å². The molecule has 25 heavy (non-hydrogen) atoms. The molecule has 5 rings (SSSR count). The third-order valence-electron chi connectivity index (χ3n) is 6.72. The van der Waals surface area contributed by atoms with Crippen molar-refractivity contribution in [3.05, 3.63) is 45.2 Å². The maximum atomic E-state index is 13.3. The number of hydrogen-bond acceptors (Lipinski definition) is 2. The second-order valence-electron chi connectivity index (χ2n) is 8.49. The summed E-state index contributed by atoms with van der Waals surface area (Å²) in [4.78, 5) is 18.4. The van der Waals surface area contributed by atoms with Crippen molar-refractivity contribution >= 4 is 10.9 Å². The molecule has 0 amide bonds. The van der Waals surface area contributed by atoms with E-state index in [1.807, 2.05) is 11.5 Å². The van der Waals surface area contributed by atoms with Crippen molar-refractivity contribution in [3.63, 3.8) is 0 Å². The van der Waals surface area contributed by atoms with Crippen molar-refractivity contribution in [2.75, 3.05) is 0 Å². The molecule has 1 aromatic heterocycles. The zero-order valence-corrected chi connectivity index (χ0v) is 15.0. The number of nitrogens with one attached hydrogen (secondary N) is 1. The number of hydrogen-bond donors (Lipinski definition) is 0. The van der Waals surface area contributed by atoms with Crippen molar-refractivity contribution in [3.8, 4) is 0 Å². The largest absolute Gasteiger partial charge is 0.671 e. The third kappa shape index (κ3) is 2.30. The van der Waals surface area contributed by atoms with Gasteiger partial charge in [-0.2, -0.15) is 0 Å². The first kappa shape index (κ1) is 15.6. The minimum absolute atomic E-state index is 0.114. The van der Waals surface area contributed by atoms with Crippen LogP contribution in [0.25, 0.3) is 16.6 Å². The lowest BCUT2D eigenvalue weighted by Crippen LogP contribution is -2.30. The first-order valence-corrected chi connectivity index (χ1v) is 9.89. The molecule has 4 nitrogen and oxygen atoms in total. The molecule has 0 radical (unpaired) electrons. The molecule has 2 aromatic rings. The summed E-state index contributed by atoms with van der Waals surface area (Å²) in [6, 6.07) is 3.89. The lowest BCUT2D eigenvalue weighted by atomic mass is 9.72. The van der Waals surface area contributed by atoms with Gasteiger partial charge in [0, 0.05) is 12.0 Å². The highest BCUT2D eigenvalue weighted by atomic mass is 16.1. The van der Waals surface area contributed by atoms with Crippen LogP contribution in [0.4, 0.5) is 0 Å². The smallest absolute Gasteiger partial charge is 0.261 e. The van der Waals surface area contributed by atoms with Crippen molar-refractivity contribution in [2.24, 2.45) is 0 Å². The van der Waals surface area contributed by atoms with Crippen molar-refractivity contribution in [1.82, 2.24) is 9.55 Å². The van der Waals surface area contributed by atoms with Gasteiger partial charge in [0.15, 0.2) is 0 Å². The Bertz CT molecular complexity index is 901. The number of nitrogens with zero attached hydrogens (tertiary/aromatic N) is 2. The monoisotopic (exact) mass is 336 g/mol. The Morgan fingerprint density at radius 3 is 2.64 bits per heavy atom. The molecular formula is C21H26N3O-. The van der Waals surface area contributed by atoms with Gasteiger partial charge in [-0.3, -0.25) is 9.36 Å². The molecule has 132 valence electrons. The minimum atomic E-state index is -0.347. The summed E-state index contributed by atoms with van der Waals surface area (Å²) >= 11 is 0. The summed E-state index contributed by atoms with van der Waals surface area (Å²) in [6.07, 6.45) is 9.60. The molecule has 2 fully saturated rings. The Balaban J connectivity index is 1.78. The molecule has 3 aliphatic rings. The zero-order chi connectivity index (χ0) is 17.2. The number of aromatic nitrogens is 2. The van der Waals surface area contributed by atoms with Gasteiger partial charge < -0.3 is 5.73 Å². The Kier molecular flexibility index (Phi) is 3.37. The van der Waals surface area contributed by atoms with Gasteiger partial charge >= 0.3 is 0 Å². The topological polar surface area (TPSA) is 58.7 Å². The van der Waals surface area contributed by atoms with Gasteiger partial charge in [0.1, 0.15) is 5.82 Å². The molecule has 1 aromatic carbocycles. The second-order valence-corrected chi connectivity index (χ2v) is 8.49. The molecular weight excluding hydrogens is 310 g/mol. The van der Waals surface area contributed by atoms with Crippen LogP contribution in [0.3, 0.4) is 0 Å². The summed E-state index contributed by atoms with van der Waals surface area (Å²) < 4.78 is 1.96. The normalized spacial score (nSPS) is 23.1. The standard InChI is InChI=1S/C21H26N3O/c1-13(22)16-11-15(14-5-6-14)12-17-18(16)23-20-21(7-3-2-4-8-21)9-10-24(20)19(17)25/h11-14,22H,2-10H2,1H3/q-1/t13-/m1/s1. The third-order valence-corrected chi connectivity index (χ3v) is 6.72. The molecule has 0 saturated heterocycles. The first-order valence-electron chi connectivity index (χ1n) is 9.89. The number of rotatable bonds is 2. The molecule has 4 heteroatoms. The Hall–Kier alpha value is -1.68. The Labute approximate surface area is 148 Å². The van der Waals surface area contributed by atoms with E-state index in [1.165, 1.54) is 37.7 Å². The first-order chi connectivity index (χ1) is 12.1. The van der Waals surface area contributed by atoms with E-state index in [2.05, 4.69) is 12.1 Å². The van der Waals surface area contributed by atoms with Gasteiger partial charge in [-0.1, -0.05) is 32.3 Å². The van der Waals surface area contributed by atoms with Crippen LogP contribution in [0, 0.1) is 0 Å². The maximum absolute atomic E-state index is 13.3. The van der Waals surface area contributed by atoms with E-state index in [0.717, 1.165) is 48.1 Å². The lowest BCUT2D eigenvalue weighted by Gasteiger charge is -2.32. The van der Waals surface area contributed by atoms with E-state index in [1.54, 1.807) is 0 Å². The lowest BCUT2D eigenvalue weighted by molar-refractivity contribution is 0.286. The highest BCUT2D eigenvalue weighted by Crippen LogP contribution is 2.46. The van der Waals surface area contributed by atoms with Crippen LogP contribution in [0.2, 0.25) is 0 Å². The van der Waals surface area contributed by atoms with Gasteiger partial charge in [0.2, 0.25) is 0 Å². The maximum Gasteiger partial charge on any atom is 0.261 e. The predicted molar refractivity (Wildman–Crippen MR) is 100 cm³/mol. The van der Waals surface area contributed by atoms with E-state index >= 15 is 0 Å². The molecule has 0 bridgehead atoms. The van der Waals surface area contributed by atoms with Gasteiger partial charge in [-0.05, 0) is 55.2 Å². The molecule has 1 aliphatic heterocycles. The van der Waals surface area contributed by atoms with Crippen LogP contribution < -0.4 is 5.56 Å². The quantitative estimate of drug-likeness (QED) is 0.775. The van der Waals surface area contributed by atoms with E-state index in [4.69, 9.17) is 10.7 Å². The van der Waals surface area contributed by atoms with Gasteiger partial charge in [0.25, 0.3) is 5.56 Å². The van der Waals surface area contributed by atoms with E-state index in [9.17, 15) is 4.79 Å². The summed E-state index contributed by atoms with van der Waals surface area (Å²) in [6.45, 7) is 2.71. The number of fused-ring (bicyclic) bond motifs is 3. The molecule has 0 unspecified atom stereocenters. The fourth-order valence-corrected chi connectivity index (χ4v) is 5.11. The molecule has 2 aliphatic carbocycles. The van der Waals surface area contributed by atoms with Crippen LogP contribution in [-0.4, -0.2) is 9.55 Å². The van der Waals surface area contributed by atoms with Gasteiger partial charge in [-0.25, -0.2) is 4.98 Å². The van der Waals surface area contributed by atoms with Crippen LogP contribution in [-0.2, 0) is 12.0 Å². The number of benzene rings is 1.